The third-order valence-electron chi connectivity index (χ3n) is 4.43. The zero-order valence-corrected chi connectivity index (χ0v) is 16.4. The molecule has 30 heavy (non-hydrogen) atoms. The molecule has 0 aliphatic heterocycles. The van der Waals surface area contributed by atoms with Crippen molar-refractivity contribution in [3.63, 3.8) is 0 Å². The molecule has 0 radical (unpaired) electrons. The van der Waals surface area contributed by atoms with E-state index >= 15 is 0 Å². The van der Waals surface area contributed by atoms with E-state index in [-0.39, 0.29) is 17.6 Å². The maximum Gasteiger partial charge on any atom is 0.321 e. The minimum Gasteiger partial charge on any atom is -0.331 e. The van der Waals surface area contributed by atoms with E-state index in [0.717, 1.165) is 16.6 Å². The maximum atomic E-state index is 12.7. The fourth-order valence-electron chi connectivity index (χ4n) is 2.90. The van der Waals surface area contributed by atoms with Gasteiger partial charge in [-0.05, 0) is 35.9 Å². The number of hydrogen-bond acceptors (Lipinski definition) is 5. The fraction of sp³-hybridized carbons (Fsp3) is 0.0952. The van der Waals surface area contributed by atoms with Crippen LogP contribution in [-0.2, 0) is 0 Å². The average Bonchev–Trinajstić information content (AvgIpc) is 3.18. The summed E-state index contributed by atoms with van der Waals surface area (Å²) in [5.74, 6) is -0.337. The van der Waals surface area contributed by atoms with Crippen LogP contribution in [0.5, 0.6) is 0 Å². The molecule has 0 aliphatic carbocycles. The number of carbonyl (C=O) groups is 2. The number of carbonyl (C=O) groups excluding carboxylic acids is 2. The number of aromatic nitrogens is 4. The molecule has 3 aromatic heterocycles. The Balaban J connectivity index is 1.64. The van der Waals surface area contributed by atoms with Gasteiger partial charge >= 0.3 is 6.03 Å². The Labute approximate surface area is 172 Å². The van der Waals surface area contributed by atoms with E-state index < -0.39 is 0 Å². The van der Waals surface area contributed by atoms with Crippen molar-refractivity contribution >= 4 is 34.2 Å². The molecule has 0 atom stereocenters. The summed E-state index contributed by atoms with van der Waals surface area (Å²) >= 11 is 0. The van der Waals surface area contributed by atoms with Gasteiger partial charge < -0.3 is 15.5 Å². The number of H-pyrrole nitrogens is 1. The van der Waals surface area contributed by atoms with Gasteiger partial charge in [-0.3, -0.25) is 19.9 Å². The molecule has 0 spiro atoms. The lowest BCUT2D eigenvalue weighted by Gasteiger charge is -2.12. The number of fused-ring (bicyclic) bond motifs is 1. The highest BCUT2D eigenvalue weighted by Gasteiger charge is 2.15. The average molecular weight is 401 g/mol. The van der Waals surface area contributed by atoms with Crippen LogP contribution in [0.25, 0.3) is 22.0 Å². The number of pyridine rings is 2. The number of nitrogens with one attached hydrogen (secondary N) is 3. The van der Waals surface area contributed by atoms with Crippen molar-refractivity contribution in [2.45, 2.75) is 0 Å². The van der Waals surface area contributed by atoms with Gasteiger partial charge in [0.25, 0.3) is 5.91 Å². The molecule has 0 unspecified atom stereocenters. The zero-order valence-electron chi connectivity index (χ0n) is 16.4. The Bertz CT molecular complexity index is 1220. The van der Waals surface area contributed by atoms with Crippen LogP contribution >= 0.6 is 0 Å². The quantitative estimate of drug-likeness (QED) is 0.485. The summed E-state index contributed by atoms with van der Waals surface area (Å²) in [7, 11) is 3.33. The number of nitrogens with zero attached hydrogens (tertiary/aromatic N) is 4. The van der Waals surface area contributed by atoms with Gasteiger partial charge in [-0.2, -0.15) is 5.10 Å². The molecule has 0 fully saturated rings. The van der Waals surface area contributed by atoms with Crippen molar-refractivity contribution in [3.05, 3.63) is 66.9 Å². The largest absolute Gasteiger partial charge is 0.331 e. The van der Waals surface area contributed by atoms with E-state index in [9.17, 15) is 9.59 Å². The van der Waals surface area contributed by atoms with Gasteiger partial charge in [0.2, 0.25) is 0 Å². The summed E-state index contributed by atoms with van der Waals surface area (Å²) in [5, 5.41) is 13.3. The van der Waals surface area contributed by atoms with E-state index in [0.29, 0.717) is 16.8 Å². The topological polar surface area (TPSA) is 116 Å². The summed E-state index contributed by atoms with van der Waals surface area (Å²) in [4.78, 5) is 34.2. The van der Waals surface area contributed by atoms with Gasteiger partial charge in [0.05, 0.1) is 29.3 Å². The van der Waals surface area contributed by atoms with Gasteiger partial charge in [-0.15, -0.1) is 0 Å². The number of benzene rings is 1. The monoisotopic (exact) mass is 401 g/mol. The highest BCUT2D eigenvalue weighted by Crippen LogP contribution is 2.27. The summed E-state index contributed by atoms with van der Waals surface area (Å²) in [5.41, 5.74) is 3.82. The van der Waals surface area contributed by atoms with Crippen molar-refractivity contribution in [2.24, 2.45) is 0 Å². The molecule has 1 aromatic carbocycles. The van der Waals surface area contributed by atoms with Crippen LogP contribution in [0.1, 0.15) is 10.5 Å². The summed E-state index contributed by atoms with van der Waals surface area (Å²) in [6.07, 6.45) is 6.47. The van der Waals surface area contributed by atoms with E-state index in [2.05, 4.69) is 30.8 Å². The molecule has 4 rings (SSSR count). The summed E-state index contributed by atoms with van der Waals surface area (Å²) in [6, 6.07) is 10.7. The fourth-order valence-corrected chi connectivity index (χ4v) is 2.90. The van der Waals surface area contributed by atoms with Crippen LogP contribution in [-0.4, -0.2) is 51.1 Å². The number of amides is 3. The molecule has 150 valence electrons. The van der Waals surface area contributed by atoms with Gasteiger partial charge in [0, 0.05) is 37.4 Å². The summed E-state index contributed by atoms with van der Waals surface area (Å²) in [6.45, 7) is 0. The molecule has 0 bridgehead atoms. The van der Waals surface area contributed by atoms with Gasteiger partial charge in [-0.25, -0.2) is 4.79 Å². The molecular weight excluding hydrogens is 382 g/mol. The van der Waals surface area contributed by atoms with Crippen molar-refractivity contribution in [1.29, 1.82) is 0 Å². The standard InChI is InChI=1S/C21H19N7O2/c1-28(2)21(30)25-16-8-14(10-23-12-16)13-5-6-18-17(9-13)19(27-26-18)20(29)24-15-4-3-7-22-11-15/h3-12H,1-2H3,(H,24,29)(H,25,30)(H,26,27). The van der Waals surface area contributed by atoms with Crippen molar-refractivity contribution < 1.29 is 9.59 Å². The number of urea groups is 1. The van der Waals surface area contributed by atoms with Gasteiger partial charge in [-0.1, -0.05) is 6.07 Å². The minimum atomic E-state index is -0.337. The molecule has 3 N–H and O–H groups in total. The first-order chi connectivity index (χ1) is 14.5. The highest BCUT2D eigenvalue weighted by molar-refractivity contribution is 6.11. The predicted molar refractivity (Wildman–Crippen MR) is 114 cm³/mol. The first-order valence-electron chi connectivity index (χ1n) is 9.14. The maximum absolute atomic E-state index is 12.7. The molecule has 3 amide bonds. The highest BCUT2D eigenvalue weighted by atomic mass is 16.2. The molecule has 0 saturated heterocycles. The van der Waals surface area contributed by atoms with Crippen molar-refractivity contribution in [2.75, 3.05) is 24.7 Å². The smallest absolute Gasteiger partial charge is 0.321 e. The lowest BCUT2D eigenvalue weighted by Crippen LogP contribution is -2.27. The minimum absolute atomic E-state index is 0.242. The Morgan fingerprint density at radius 3 is 2.53 bits per heavy atom. The lowest BCUT2D eigenvalue weighted by molar-refractivity contribution is 0.102. The number of aromatic amines is 1. The SMILES string of the molecule is CN(C)C(=O)Nc1cncc(-c2ccc3[nH]nc(C(=O)Nc4cccnc4)c3c2)c1. The van der Waals surface area contributed by atoms with Crippen LogP contribution in [0.2, 0.25) is 0 Å². The third kappa shape index (κ3) is 3.95. The molecule has 9 heteroatoms. The first kappa shape index (κ1) is 19.1. The molecule has 4 aromatic rings. The van der Waals surface area contributed by atoms with E-state index in [1.807, 2.05) is 24.3 Å². The first-order valence-corrected chi connectivity index (χ1v) is 9.14. The molecule has 3 heterocycles. The number of rotatable bonds is 4. The van der Waals surface area contributed by atoms with Crippen LogP contribution in [0.3, 0.4) is 0 Å². The van der Waals surface area contributed by atoms with E-state index in [4.69, 9.17) is 0 Å². The second kappa shape index (κ2) is 8.00. The number of hydrogen-bond donors (Lipinski definition) is 3. The van der Waals surface area contributed by atoms with Crippen LogP contribution in [0.15, 0.2) is 61.2 Å². The second-order valence-electron chi connectivity index (χ2n) is 6.82. The van der Waals surface area contributed by atoms with Crippen LogP contribution in [0.4, 0.5) is 16.2 Å². The molecule has 0 aliphatic rings. The van der Waals surface area contributed by atoms with E-state index in [1.165, 1.54) is 4.90 Å². The summed E-state index contributed by atoms with van der Waals surface area (Å²) < 4.78 is 0. The lowest BCUT2D eigenvalue weighted by atomic mass is 10.0. The zero-order chi connectivity index (χ0) is 21.1. The van der Waals surface area contributed by atoms with E-state index in [1.54, 1.807) is 51.0 Å². The normalized spacial score (nSPS) is 10.6. The molecular formula is C21H19N7O2. The second-order valence-corrected chi connectivity index (χ2v) is 6.82. The van der Waals surface area contributed by atoms with Crippen LogP contribution in [0, 0.1) is 0 Å². The molecule has 9 nitrogen and oxygen atoms in total. The van der Waals surface area contributed by atoms with Gasteiger partial charge in [0.15, 0.2) is 5.69 Å². The Kier molecular flexibility index (Phi) is 5.08. The Morgan fingerprint density at radius 1 is 0.933 bits per heavy atom. The Morgan fingerprint density at radius 2 is 1.77 bits per heavy atom. The van der Waals surface area contributed by atoms with Crippen LogP contribution < -0.4 is 10.6 Å². The van der Waals surface area contributed by atoms with Crippen molar-refractivity contribution in [3.8, 4) is 11.1 Å². The van der Waals surface area contributed by atoms with Crippen molar-refractivity contribution in [1.82, 2.24) is 25.1 Å². The van der Waals surface area contributed by atoms with Gasteiger partial charge in [0.1, 0.15) is 0 Å². The number of anilines is 2. The molecule has 0 saturated carbocycles. The third-order valence-corrected chi connectivity index (χ3v) is 4.43. The Hall–Kier alpha value is -4.27. The predicted octanol–water partition coefficient (Wildman–Crippen LogP) is 3.37.